The van der Waals surface area contributed by atoms with Gasteiger partial charge in [0.25, 0.3) is 0 Å². The predicted molar refractivity (Wildman–Crippen MR) is 116 cm³/mol. The predicted octanol–water partition coefficient (Wildman–Crippen LogP) is 7.91. The molecule has 0 aliphatic heterocycles. The van der Waals surface area contributed by atoms with E-state index in [4.69, 9.17) is 4.74 Å². The van der Waals surface area contributed by atoms with Crippen LogP contribution in [-0.2, 0) is 4.74 Å². The van der Waals surface area contributed by atoms with Gasteiger partial charge in [0.15, 0.2) is 0 Å². The molecule has 1 aliphatic carbocycles. The molecular weight excluding hydrogens is 411 g/mol. The Morgan fingerprint density at radius 3 is 1.80 bits per heavy atom. The molecule has 0 N–H and O–H groups in total. The summed E-state index contributed by atoms with van der Waals surface area (Å²) in [5.41, 5.74) is 0. The van der Waals surface area contributed by atoms with Crippen molar-refractivity contribution < 1.29 is 4.74 Å². The molecule has 0 amide bonds. The first-order chi connectivity index (χ1) is 12.1. The van der Waals surface area contributed by atoms with Crippen molar-refractivity contribution in [1.29, 1.82) is 0 Å². The monoisotopic (exact) mass is 458 g/mol. The Bertz CT molecular complexity index is 313. The third-order valence-corrected chi connectivity index (χ3v) is 23.2. The molecule has 148 valence electrons. The van der Waals surface area contributed by atoms with E-state index in [9.17, 15) is 0 Å². The van der Waals surface area contributed by atoms with Crippen LogP contribution in [0.1, 0.15) is 98.3 Å². The van der Waals surface area contributed by atoms with E-state index < -0.39 is 18.4 Å². The van der Waals surface area contributed by atoms with Crippen molar-refractivity contribution in [2.45, 2.75) is 122 Å². The van der Waals surface area contributed by atoms with E-state index in [-0.39, 0.29) is 6.10 Å². The minimum absolute atomic E-state index is 0.230. The first-order valence-electron chi connectivity index (χ1n) is 11.4. The van der Waals surface area contributed by atoms with E-state index in [0.717, 1.165) is 5.92 Å². The van der Waals surface area contributed by atoms with Crippen molar-refractivity contribution in [3.63, 3.8) is 0 Å². The van der Waals surface area contributed by atoms with Gasteiger partial charge >= 0.3 is 164 Å². The fraction of sp³-hybridized carbons (Fsp3) is 0.913. The van der Waals surface area contributed by atoms with E-state index in [1.165, 1.54) is 70.6 Å². The van der Waals surface area contributed by atoms with Gasteiger partial charge in [0, 0.05) is 0 Å². The fourth-order valence-corrected chi connectivity index (χ4v) is 23.7. The van der Waals surface area contributed by atoms with Gasteiger partial charge in [-0.05, 0) is 0 Å². The summed E-state index contributed by atoms with van der Waals surface area (Å²) in [5.74, 6) is 0.859. The van der Waals surface area contributed by atoms with Crippen molar-refractivity contribution in [3.05, 3.63) is 12.7 Å². The fourth-order valence-electron chi connectivity index (χ4n) is 4.87. The van der Waals surface area contributed by atoms with Gasteiger partial charge in [-0.1, -0.05) is 0 Å². The summed E-state index contributed by atoms with van der Waals surface area (Å²) >= 11 is -2.35. The molecule has 0 unspecified atom stereocenters. The summed E-state index contributed by atoms with van der Waals surface area (Å²) in [6.07, 6.45) is 17.8. The van der Waals surface area contributed by atoms with Crippen molar-refractivity contribution in [2.24, 2.45) is 5.92 Å². The molecule has 0 bridgehead atoms. The van der Waals surface area contributed by atoms with Crippen LogP contribution in [-0.4, -0.2) is 28.6 Å². The Balaban J connectivity index is 3.11. The van der Waals surface area contributed by atoms with E-state index >= 15 is 0 Å². The molecule has 25 heavy (non-hydrogen) atoms. The van der Waals surface area contributed by atoms with Gasteiger partial charge in [-0.2, -0.15) is 0 Å². The second-order valence-electron chi connectivity index (χ2n) is 8.57. The van der Waals surface area contributed by atoms with E-state index in [2.05, 4.69) is 34.3 Å². The van der Waals surface area contributed by atoms with Crippen LogP contribution in [0.15, 0.2) is 12.7 Å². The van der Waals surface area contributed by atoms with Crippen LogP contribution in [0, 0.1) is 5.92 Å². The molecule has 0 heterocycles. The summed E-state index contributed by atoms with van der Waals surface area (Å²) < 4.78 is 12.2. The molecule has 1 saturated carbocycles. The Hall–Kier alpha value is 0.499. The molecular formula is C23H46OSn. The molecule has 1 nitrogen and oxygen atoms in total. The van der Waals surface area contributed by atoms with Crippen LogP contribution in [0.4, 0.5) is 0 Å². The van der Waals surface area contributed by atoms with Crippen LogP contribution in [0.3, 0.4) is 0 Å². The molecule has 1 fully saturated rings. The standard InChI is InChI=1S/C11H19O.3C4H9.Sn/c1-3-10(2)12-9-11-7-5-4-6-8-11;3*1-3-4-2;/h3,9-11H,1,4-8H2,2H3;3*1,3-4H2,2H3;/t10-;;;;/m0..../s1. The first-order valence-corrected chi connectivity index (χ1v) is 19.1. The van der Waals surface area contributed by atoms with Crippen LogP contribution in [0.2, 0.25) is 13.3 Å². The van der Waals surface area contributed by atoms with Crippen molar-refractivity contribution in [1.82, 2.24) is 0 Å². The zero-order valence-electron chi connectivity index (χ0n) is 17.8. The molecule has 0 aromatic heterocycles. The van der Waals surface area contributed by atoms with Crippen LogP contribution >= 0.6 is 0 Å². The summed E-state index contributed by atoms with van der Waals surface area (Å²) in [6.45, 7) is 13.4. The molecule has 0 aromatic rings. The van der Waals surface area contributed by atoms with Gasteiger partial charge in [-0.25, -0.2) is 0 Å². The topological polar surface area (TPSA) is 9.23 Å². The zero-order chi connectivity index (χ0) is 18.5. The van der Waals surface area contributed by atoms with E-state index in [0.29, 0.717) is 4.12 Å². The minimum atomic E-state index is -2.35. The number of hydrogen-bond acceptors (Lipinski definition) is 1. The van der Waals surface area contributed by atoms with Crippen molar-refractivity contribution in [2.75, 3.05) is 0 Å². The maximum absolute atomic E-state index is 6.87. The van der Waals surface area contributed by atoms with Crippen molar-refractivity contribution in [3.8, 4) is 0 Å². The molecule has 0 spiro atoms. The van der Waals surface area contributed by atoms with Gasteiger partial charge in [0.05, 0.1) is 0 Å². The third kappa shape index (κ3) is 7.95. The van der Waals surface area contributed by atoms with Gasteiger partial charge in [0.1, 0.15) is 0 Å². The molecule has 2 atom stereocenters. The normalized spacial score (nSPS) is 18.9. The SMILES string of the molecule is C=C[C@H](C)O[C@@H](C1CCCCC1)[Sn]([CH2]CCC)([CH2]CCC)[CH2]CCC. The Labute approximate surface area is 163 Å². The van der Waals surface area contributed by atoms with Gasteiger partial charge in [0.2, 0.25) is 0 Å². The van der Waals surface area contributed by atoms with E-state index in [1.807, 2.05) is 6.08 Å². The average molecular weight is 457 g/mol. The van der Waals surface area contributed by atoms with Gasteiger partial charge in [-0.3, -0.25) is 0 Å². The number of unbranched alkanes of at least 4 members (excludes halogenated alkanes) is 3. The molecule has 1 aliphatic rings. The van der Waals surface area contributed by atoms with Crippen LogP contribution in [0.25, 0.3) is 0 Å². The summed E-state index contributed by atoms with van der Waals surface area (Å²) in [7, 11) is 0. The van der Waals surface area contributed by atoms with Crippen LogP contribution in [0.5, 0.6) is 0 Å². The zero-order valence-corrected chi connectivity index (χ0v) is 20.7. The summed E-state index contributed by atoms with van der Waals surface area (Å²) in [5, 5.41) is 0. The van der Waals surface area contributed by atoms with Crippen molar-refractivity contribution >= 4 is 18.4 Å². The van der Waals surface area contributed by atoms with Gasteiger partial charge in [-0.15, -0.1) is 0 Å². The Morgan fingerprint density at radius 2 is 1.40 bits per heavy atom. The van der Waals surface area contributed by atoms with E-state index in [1.54, 1.807) is 13.3 Å². The molecule has 1 rings (SSSR count). The quantitative estimate of drug-likeness (QED) is 0.190. The number of hydrogen-bond donors (Lipinski definition) is 0. The molecule has 0 radical (unpaired) electrons. The summed E-state index contributed by atoms with van der Waals surface area (Å²) in [6, 6.07) is 0. The second kappa shape index (κ2) is 13.6. The Morgan fingerprint density at radius 1 is 0.920 bits per heavy atom. The average Bonchev–Trinajstić information content (AvgIpc) is 2.66. The number of rotatable bonds is 14. The number of ether oxygens (including phenoxy) is 1. The maximum atomic E-state index is 6.87. The third-order valence-electron chi connectivity index (χ3n) is 6.46. The van der Waals surface area contributed by atoms with Gasteiger partial charge < -0.3 is 0 Å². The molecule has 2 heteroatoms. The molecule has 0 aromatic carbocycles. The Kier molecular flexibility index (Phi) is 12.8. The molecule has 0 saturated heterocycles. The second-order valence-corrected chi connectivity index (χ2v) is 22.3. The van der Waals surface area contributed by atoms with Crippen LogP contribution < -0.4 is 0 Å². The summed E-state index contributed by atoms with van der Waals surface area (Å²) in [4.78, 5) is 0. The first kappa shape index (κ1) is 23.5.